The molecule has 0 spiro atoms. The van der Waals surface area contributed by atoms with Crippen molar-refractivity contribution in [3.05, 3.63) is 58.6 Å². The van der Waals surface area contributed by atoms with Crippen molar-refractivity contribution in [3.63, 3.8) is 0 Å². The Bertz CT molecular complexity index is 632. The van der Waals surface area contributed by atoms with E-state index in [1.54, 1.807) is 24.0 Å². The molecular weight excluding hydrogens is 250 g/mol. The standard InChI is InChI=1S/C16H19N3O/c1-19-11-10-17-15(16(19)20)18-14(13-8-5-9-13)12-6-3-2-4-7-12/h2-4,6-7,10-11,13-14H,5,8-9H2,1H3,(H,17,18). The van der Waals surface area contributed by atoms with Gasteiger partial charge in [-0.05, 0) is 24.3 Å². The van der Waals surface area contributed by atoms with Crippen LogP contribution in [0.25, 0.3) is 0 Å². The van der Waals surface area contributed by atoms with Crippen LogP contribution in [0.2, 0.25) is 0 Å². The molecule has 3 rings (SSSR count). The van der Waals surface area contributed by atoms with Crippen molar-refractivity contribution in [2.24, 2.45) is 13.0 Å². The van der Waals surface area contributed by atoms with E-state index in [0.29, 0.717) is 11.7 Å². The number of rotatable bonds is 4. The van der Waals surface area contributed by atoms with Gasteiger partial charge in [0.05, 0.1) is 6.04 Å². The molecule has 1 fully saturated rings. The number of hydrogen-bond acceptors (Lipinski definition) is 3. The third-order valence-electron chi connectivity index (χ3n) is 4.09. The van der Waals surface area contributed by atoms with E-state index in [2.05, 4.69) is 22.4 Å². The molecule has 1 heterocycles. The monoisotopic (exact) mass is 269 g/mol. The SMILES string of the molecule is Cn1ccnc(NC(c2ccccc2)C2CCC2)c1=O. The maximum Gasteiger partial charge on any atom is 0.293 e. The van der Waals surface area contributed by atoms with Gasteiger partial charge in [0.15, 0.2) is 5.82 Å². The third kappa shape index (κ3) is 2.46. The molecule has 0 radical (unpaired) electrons. The second kappa shape index (κ2) is 5.49. The van der Waals surface area contributed by atoms with E-state index in [0.717, 1.165) is 0 Å². The zero-order chi connectivity index (χ0) is 13.9. The first-order valence-corrected chi connectivity index (χ1v) is 7.09. The molecule has 20 heavy (non-hydrogen) atoms. The highest BCUT2D eigenvalue weighted by Crippen LogP contribution is 2.39. The van der Waals surface area contributed by atoms with Crippen molar-refractivity contribution in [3.8, 4) is 0 Å². The Labute approximate surface area is 118 Å². The van der Waals surface area contributed by atoms with Crippen LogP contribution >= 0.6 is 0 Å². The summed E-state index contributed by atoms with van der Waals surface area (Å²) in [5, 5.41) is 3.36. The molecule has 1 N–H and O–H groups in total. The van der Waals surface area contributed by atoms with Gasteiger partial charge < -0.3 is 9.88 Å². The molecule has 0 amide bonds. The van der Waals surface area contributed by atoms with Gasteiger partial charge >= 0.3 is 0 Å². The van der Waals surface area contributed by atoms with Crippen molar-refractivity contribution in [2.45, 2.75) is 25.3 Å². The number of nitrogens with one attached hydrogen (secondary N) is 1. The second-order valence-corrected chi connectivity index (χ2v) is 5.42. The number of anilines is 1. The summed E-state index contributed by atoms with van der Waals surface area (Å²) >= 11 is 0. The minimum atomic E-state index is -0.0762. The summed E-state index contributed by atoms with van der Waals surface area (Å²) in [6.45, 7) is 0. The molecule has 1 aromatic heterocycles. The molecule has 1 unspecified atom stereocenters. The number of aryl methyl sites for hydroxylation is 1. The molecular formula is C16H19N3O. The fourth-order valence-electron chi connectivity index (χ4n) is 2.65. The third-order valence-corrected chi connectivity index (χ3v) is 4.09. The van der Waals surface area contributed by atoms with Crippen LogP contribution in [0, 0.1) is 5.92 Å². The molecule has 1 saturated carbocycles. The fourth-order valence-corrected chi connectivity index (χ4v) is 2.65. The minimum Gasteiger partial charge on any atom is -0.358 e. The smallest absolute Gasteiger partial charge is 0.293 e. The highest BCUT2D eigenvalue weighted by atomic mass is 16.1. The van der Waals surface area contributed by atoms with Crippen LogP contribution in [0.4, 0.5) is 5.82 Å². The van der Waals surface area contributed by atoms with E-state index in [1.165, 1.54) is 24.8 Å². The van der Waals surface area contributed by atoms with Crippen molar-refractivity contribution in [1.29, 1.82) is 0 Å². The van der Waals surface area contributed by atoms with Gasteiger partial charge in [0.1, 0.15) is 0 Å². The average molecular weight is 269 g/mol. The van der Waals surface area contributed by atoms with Crippen LogP contribution in [0.3, 0.4) is 0 Å². The normalized spacial score (nSPS) is 16.4. The quantitative estimate of drug-likeness (QED) is 0.928. The van der Waals surface area contributed by atoms with Gasteiger partial charge in [0.2, 0.25) is 0 Å². The molecule has 2 aromatic rings. The van der Waals surface area contributed by atoms with Gasteiger partial charge in [-0.3, -0.25) is 4.79 Å². The number of hydrogen-bond donors (Lipinski definition) is 1. The predicted octanol–water partition coefficient (Wildman–Crippen LogP) is 2.73. The highest BCUT2D eigenvalue weighted by molar-refractivity contribution is 5.37. The lowest BCUT2D eigenvalue weighted by atomic mass is 9.77. The summed E-state index contributed by atoms with van der Waals surface area (Å²) in [5.74, 6) is 1.03. The summed E-state index contributed by atoms with van der Waals surface area (Å²) in [7, 11) is 1.75. The van der Waals surface area contributed by atoms with E-state index < -0.39 is 0 Å². The summed E-state index contributed by atoms with van der Waals surface area (Å²) in [5.41, 5.74) is 1.15. The highest BCUT2D eigenvalue weighted by Gasteiger charge is 2.29. The Morgan fingerprint density at radius 3 is 2.70 bits per heavy atom. The van der Waals surface area contributed by atoms with Crippen molar-refractivity contribution in [2.75, 3.05) is 5.32 Å². The van der Waals surface area contributed by atoms with Crippen LogP contribution in [0.1, 0.15) is 30.9 Å². The van der Waals surface area contributed by atoms with E-state index in [-0.39, 0.29) is 11.6 Å². The van der Waals surface area contributed by atoms with Crippen LogP contribution < -0.4 is 10.9 Å². The van der Waals surface area contributed by atoms with Crippen molar-refractivity contribution in [1.82, 2.24) is 9.55 Å². The van der Waals surface area contributed by atoms with Gasteiger partial charge in [-0.2, -0.15) is 0 Å². The molecule has 0 aliphatic heterocycles. The minimum absolute atomic E-state index is 0.0762. The molecule has 0 bridgehead atoms. The summed E-state index contributed by atoms with van der Waals surface area (Å²) in [6.07, 6.45) is 7.02. The maximum atomic E-state index is 12.1. The lowest BCUT2D eigenvalue weighted by Gasteiger charge is -2.34. The lowest BCUT2D eigenvalue weighted by Crippen LogP contribution is -2.30. The van der Waals surface area contributed by atoms with Crippen molar-refractivity contribution < 1.29 is 0 Å². The predicted molar refractivity (Wildman–Crippen MR) is 79.6 cm³/mol. The second-order valence-electron chi connectivity index (χ2n) is 5.42. The number of benzene rings is 1. The largest absolute Gasteiger partial charge is 0.358 e. The fraction of sp³-hybridized carbons (Fsp3) is 0.375. The average Bonchev–Trinajstić information content (AvgIpc) is 2.42. The molecule has 1 aromatic carbocycles. The van der Waals surface area contributed by atoms with E-state index in [1.807, 2.05) is 18.2 Å². The molecule has 1 atom stereocenters. The zero-order valence-electron chi connectivity index (χ0n) is 11.6. The van der Waals surface area contributed by atoms with Crippen molar-refractivity contribution >= 4 is 5.82 Å². The van der Waals surface area contributed by atoms with E-state index in [4.69, 9.17) is 0 Å². The Balaban J connectivity index is 1.91. The lowest BCUT2D eigenvalue weighted by molar-refractivity contribution is 0.276. The molecule has 1 aliphatic carbocycles. The Kier molecular flexibility index (Phi) is 3.54. The van der Waals surface area contributed by atoms with Gasteiger partial charge in [0, 0.05) is 19.4 Å². The number of aromatic nitrogens is 2. The maximum absolute atomic E-state index is 12.1. The first-order chi connectivity index (χ1) is 9.75. The van der Waals surface area contributed by atoms with Crippen LogP contribution in [-0.4, -0.2) is 9.55 Å². The van der Waals surface area contributed by atoms with Crippen LogP contribution in [0.15, 0.2) is 47.5 Å². The Morgan fingerprint density at radius 2 is 2.05 bits per heavy atom. The topological polar surface area (TPSA) is 46.9 Å². The summed E-state index contributed by atoms with van der Waals surface area (Å²) in [4.78, 5) is 16.3. The van der Waals surface area contributed by atoms with Gasteiger partial charge in [-0.15, -0.1) is 0 Å². The molecule has 4 heteroatoms. The van der Waals surface area contributed by atoms with Crippen LogP contribution in [-0.2, 0) is 7.05 Å². The summed E-state index contributed by atoms with van der Waals surface area (Å²) < 4.78 is 1.55. The first kappa shape index (κ1) is 12.9. The van der Waals surface area contributed by atoms with E-state index in [9.17, 15) is 4.79 Å². The molecule has 104 valence electrons. The summed E-state index contributed by atoms with van der Waals surface area (Å²) in [6, 6.07) is 10.5. The molecule has 1 aliphatic rings. The Hall–Kier alpha value is -2.10. The van der Waals surface area contributed by atoms with Crippen LogP contribution in [0.5, 0.6) is 0 Å². The zero-order valence-corrected chi connectivity index (χ0v) is 11.6. The molecule has 4 nitrogen and oxygen atoms in total. The van der Waals surface area contributed by atoms with Gasteiger partial charge in [0.25, 0.3) is 5.56 Å². The van der Waals surface area contributed by atoms with E-state index >= 15 is 0 Å². The first-order valence-electron chi connectivity index (χ1n) is 7.09. The Morgan fingerprint density at radius 1 is 1.30 bits per heavy atom. The molecule has 0 saturated heterocycles. The van der Waals surface area contributed by atoms with Gasteiger partial charge in [-0.25, -0.2) is 4.98 Å². The number of nitrogens with zero attached hydrogens (tertiary/aromatic N) is 2. The van der Waals surface area contributed by atoms with Gasteiger partial charge in [-0.1, -0.05) is 36.8 Å².